The lowest BCUT2D eigenvalue weighted by atomic mass is 10.1. The Balaban J connectivity index is 1.29. The van der Waals surface area contributed by atoms with Crippen LogP contribution in [0.3, 0.4) is 0 Å². The standard InChI is InChI=1S/C20H21N5O2S/c26-19(22-12-17-2-1-11-27-17)13-28-20-8-7-18(23-24-20)15-3-5-16(6-4-15)25-10-9-21-14-25/h3-10,14,17H,1-2,11-13H2,(H,22,26)/t17-/m0/s1. The van der Waals surface area contributed by atoms with Crippen LogP contribution in [0.5, 0.6) is 0 Å². The molecule has 1 N–H and O–H groups in total. The first kappa shape index (κ1) is 18.6. The van der Waals surface area contributed by atoms with Crippen LogP contribution in [0.2, 0.25) is 0 Å². The molecule has 0 unspecified atom stereocenters. The minimum absolute atomic E-state index is 0.0125. The average Bonchev–Trinajstić information content (AvgIpc) is 3.45. The molecule has 3 aromatic rings. The Bertz CT molecular complexity index is 891. The van der Waals surface area contributed by atoms with Crippen molar-refractivity contribution in [3.63, 3.8) is 0 Å². The molecule has 144 valence electrons. The summed E-state index contributed by atoms with van der Waals surface area (Å²) < 4.78 is 7.44. The van der Waals surface area contributed by atoms with E-state index in [1.807, 2.05) is 47.2 Å². The quantitative estimate of drug-likeness (QED) is 0.620. The van der Waals surface area contributed by atoms with Crippen LogP contribution in [0.15, 0.2) is 60.1 Å². The molecule has 7 nitrogen and oxygen atoms in total. The third-order valence-corrected chi connectivity index (χ3v) is 5.43. The highest BCUT2D eigenvalue weighted by molar-refractivity contribution is 7.99. The van der Waals surface area contributed by atoms with E-state index in [9.17, 15) is 4.79 Å². The predicted octanol–water partition coefficient (Wildman–Crippen LogP) is 2.72. The van der Waals surface area contributed by atoms with Gasteiger partial charge in [0.15, 0.2) is 0 Å². The SMILES string of the molecule is O=C(CSc1ccc(-c2ccc(-n3ccnc3)cc2)nn1)NC[C@@H]1CCCO1. The molecule has 3 heterocycles. The Kier molecular flexibility index (Phi) is 5.98. The second-order valence-corrected chi connectivity index (χ2v) is 7.50. The third kappa shape index (κ3) is 4.76. The topological polar surface area (TPSA) is 81.9 Å². The molecule has 1 saturated heterocycles. The number of thioether (sulfide) groups is 1. The van der Waals surface area contributed by atoms with Gasteiger partial charge in [-0.25, -0.2) is 4.98 Å². The molecule has 1 amide bonds. The summed E-state index contributed by atoms with van der Waals surface area (Å²) >= 11 is 1.38. The third-order valence-electron chi connectivity index (χ3n) is 4.51. The number of hydrogen-bond acceptors (Lipinski definition) is 6. The van der Waals surface area contributed by atoms with Gasteiger partial charge in [-0.2, -0.15) is 0 Å². The summed E-state index contributed by atoms with van der Waals surface area (Å²) in [6.45, 7) is 1.38. The molecular formula is C20H21N5O2S. The first-order valence-corrected chi connectivity index (χ1v) is 10.2. The molecule has 1 atom stereocenters. The van der Waals surface area contributed by atoms with E-state index in [1.165, 1.54) is 11.8 Å². The van der Waals surface area contributed by atoms with Gasteiger partial charge < -0.3 is 14.6 Å². The molecule has 0 bridgehead atoms. The van der Waals surface area contributed by atoms with E-state index in [2.05, 4.69) is 20.5 Å². The van der Waals surface area contributed by atoms with Crippen molar-refractivity contribution in [2.75, 3.05) is 18.9 Å². The number of carbonyl (C=O) groups is 1. The number of aromatic nitrogens is 4. The van der Waals surface area contributed by atoms with E-state index < -0.39 is 0 Å². The monoisotopic (exact) mass is 395 g/mol. The number of carbonyl (C=O) groups excluding carboxylic acids is 1. The fourth-order valence-electron chi connectivity index (χ4n) is 2.99. The fourth-order valence-corrected chi connectivity index (χ4v) is 3.63. The molecule has 8 heteroatoms. The van der Waals surface area contributed by atoms with E-state index in [0.717, 1.165) is 41.4 Å². The number of benzene rings is 1. The van der Waals surface area contributed by atoms with Gasteiger partial charge in [-0.15, -0.1) is 10.2 Å². The van der Waals surface area contributed by atoms with Crippen molar-refractivity contribution < 1.29 is 9.53 Å². The lowest BCUT2D eigenvalue weighted by Gasteiger charge is -2.10. The van der Waals surface area contributed by atoms with E-state index in [0.29, 0.717) is 12.3 Å². The number of amides is 1. The first-order chi connectivity index (χ1) is 13.8. The van der Waals surface area contributed by atoms with Crippen LogP contribution in [-0.2, 0) is 9.53 Å². The highest BCUT2D eigenvalue weighted by Gasteiger charge is 2.16. The lowest BCUT2D eigenvalue weighted by molar-refractivity contribution is -0.119. The number of hydrogen-bond donors (Lipinski definition) is 1. The van der Waals surface area contributed by atoms with Crippen LogP contribution in [-0.4, -0.2) is 50.7 Å². The predicted molar refractivity (Wildman–Crippen MR) is 107 cm³/mol. The van der Waals surface area contributed by atoms with Gasteiger partial charge in [0.2, 0.25) is 5.91 Å². The molecule has 0 saturated carbocycles. The lowest BCUT2D eigenvalue weighted by Crippen LogP contribution is -2.32. The Hall–Kier alpha value is -2.71. The van der Waals surface area contributed by atoms with Crippen LogP contribution >= 0.6 is 11.8 Å². The van der Waals surface area contributed by atoms with E-state index in [-0.39, 0.29) is 12.0 Å². The Morgan fingerprint density at radius 1 is 1.21 bits per heavy atom. The maximum Gasteiger partial charge on any atom is 0.230 e. The van der Waals surface area contributed by atoms with Crippen LogP contribution in [0, 0.1) is 0 Å². The summed E-state index contributed by atoms with van der Waals surface area (Å²) in [6.07, 6.45) is 7.66. The maximum absolute atomic E-state index is 11.9. The minimum Gasteiger partial charge on any atom is -0.376 e. The Morgan fingerprint density at radius 3 is 2.79 bits per heavy atom. The van der Waals surface area contributed by atoms with Crippen LogP contribution in [0.25, 0.3) is 16.9 Å². The highest BCUT2D eigenvalue weighted by Crippen LogP contribution is 2.21. The number of ether oxygens (including phenoxy) is 1. The molecule has 0 radical (unpaired) electrons. The summed E-state index contributed by atoms with van der Waals surface area (Å²) in [5.41, 5.74) is 2.82. The van der Waals surface area contributed by atoms with Gasteiger partial charge in [-0.1, -0.05) is 23.9 Å². The molecule has 1 aromatic carbocycles. The molecule has 1 aliphatic rings. The summed E-state index contributed by atoms with van der Waals surface area (Å²) in [5, 5.41) is 12.2. The normalized spacial score (nSPS) is 16.2. The molecule has 1 aliphatic heterocycles. The zero-order valence-electron chi connectivity index (χ0n) is 15.3. The Morgan fingerprint density at radius 2 is 2.11 bits per heavy atom. The van der Waals surface area contributed by atoms with Crippen LogP contribution in [0.4, 0.5) is 0 Å². The van der Waals surface area contributed by atoms with Crippen molar-refractivity contribution in [2.45, 2.75) is 24.0 Å². The number of imidazole rings is 1. The second kappa shape index (κ2) is 8.99. The highest BCUT2D eigenvalue weighted by atomic mass is 32.2. The van der Waals surface area contributed by atoms with Gasteiger partial charge in [0.1, 0.15) is 5.03 Å². The Labute approximate surface area is 167 Å². The van der Waals surface area contributed by atoms with Gasteiger partial charge in [0, 0.05) is 36.8 Å². The van der Waals surface area contributed by atoms with Crippen molar-refractivity contribution in [2.24, 2.45) is 0 Å². The maximum atomic E-state index is 11.9. The number of nitrogens with one attached hydrogen (secondary N) is 1. The van der Waals surface area contributed by atoms with Crippen LogP contribution < -0.4 is 5.32 Å². The number of rotatable bonds is 7. The van der Waals surface area contributed by atoms with Crippen molar-refractivity contribution in [3.8, 4) is 16.9 Å². The van der Waals surface area contributed by atoms with Crippen molar-refractivity contribution in [1.29, 1.82) is 0 Å². The van der Waals surface area contributed by atoms with Crippen LogP contribution in [0.1, 0.15) is 12.8 Å². The molecule has 1 fully saturated rings. The van der Waals surface area contributed by atoms with Crippen molar-refractivity contribution >= 4 is 17.7 Å². The van der Waals surface area contributed by atoms with Crippen molar-refractivity contribution in [1.82, 2.24) is 25.1 Å². The van der Waals surface area contributed by atoms with Crippen molar-refractivity contribution in [3.05, 3.63) is 55.1 Å². The minimum atomic E-state index is -0.0125. The molecule has 4 rings (SSSR count). The van der Waals surface area contributed by atoms with Gasteiger partial charge in [0.25, 0.3) is 0 Å². The summed E-state index contributed by atoms with van der Waals surface area (Å²) in [6, 6.07) is 11.9. The molecular weight excluding hydrogens is 374 g/mol. The van der Waals surface area contributed by atoms with Gasteiger partial charge >= 0.3 is 0 Å². The molecule has 2 aromatic heterocycles. The molecule has 0 aliphatic carbocycles. The summed E-state index contributed by atoms with van der Waals surface area (Å²) in [7, 11) is 0. The smallest absolute Gasteiger partial charge is 0.230 e. The summed E-state index contributed by atoms with van der Waals surface area (Å²) in [5.74, 6) is 0.307. The average molecular weight is 395 g/mol. The fraction of sp³-hybridized carbons (Fsp3) is 0.300. The first-order valence-electron chi connectivity index (χ1n) is 9.21. The second-order valence-electron chi connectivity index (χ2n) is 6.50. The summed E-state index contributed by atoms with van der Waals surface area (Å²) in [4.78, 5) is 16.0. The van der Waals surface area contributed by atoms with E-state index in [4.69, 9.17) is 4.74 Å². The zero-order valence-corrected chi connectivity index (χ0v) is 16.1. The largest absolute Gasteiger partial charge is 0.376 e. The number of nitrogens with zero attached hydrogens (tertiary/aromatic N) is 4. The molecule has 28 heavy (non-hydrogen) atoms. The zero-order chi connectivity index (χ0) is 19.2. The van der Waals surface area contributed by atoms with Gasteiger partial charge in [-0.05, 0) is 37.1 Å². The molecule has 0 spiro atoms. The van der Waals surface area contributed by atoms with Gasteiger partial charge in [-0.3, -0.25) is 4.79 Å². The van der Waals surface area contributed by atoms with Gasteiger partial charge in [0.05, 0.1) is 23.9 Å². The van der Waals surface area contributed by atoms with E-state index >= 15 is 0 Å². The van der Waals surface area contributed by atoms with E-state index in [1.54, 1.807) is 12.5 Å².